The number of amides is 1. The summed E-state index contributed by atoms with van der Waals surface area (Å²) in [7, 11) is 1.68. The average Bonchev–Trinajstić information content (AvgIpc) is 2.43. The van der Waals surface area contributed by atoms with E-state index in [0.29, 0.717) is 17.9 Å². The van der Waals surface area contributed by atoms with E-state index >= 15 is 0 Å². The van der Waals surface area contributed by atoms with E-state index in [0.717, 1.165) is 11.3 Å². The third kappa shape index (κ3) is 3.99. The lowest BCUT2D eigenvalue weighted by atomic mass is 9.75. The van der Waals surface area contributed by atoms with Gasteiger partial charge >= 0.3 is 0 Å². The fraction of sp³-hybridized carbons (Fsp3) is 0.588. The Kier molecular flexibility index (Phi) is 4.69. The number of benzene rings is 1. The standard InChI is InChI=1S/C17H26N2O/c1-17(2)10-8-14(9-11-17)19-15-7-5-4-6-13(15)12-16(20)18-3/h4-7,14,19H,8-12H2,1-3H3,(H,18,20). The van der Waals surface area contributed by atoms with Crippen LogP contribution in [0.4, 0.5) is 5.69 Å². The van der Waals surface area contributed by atoms with Gasteiger partial charge in [0.15, 0.2) is 0 Å². The number of anilines is 1. The van der Waals surface area contributed by atoms with Gasteiger partial charge in [-0.3, -0.25) is 4.79 Å². The summed E-state index contributed by atoms with van der Waals surface area (Å²) in [6.07, 6.45) is 5.39. The summed E-state index contributed by atoms with van der Waals surface area (Å²) in [5.41, 5.74) is 2.68. The minimum Gasteiger partial charge on any atom is -0.382 e. The number of rotatable bonds is 4. The Morgan fingerprint density at radius 2 is 1.90 bits per heavy atom. The van der Waals surface area contributed by atoms with Crippen molar-refractivity contribution in [2.24, 2.45) is 5.41 Å². The van der Waals surface area contributed by atoms with Gasteiger partial charge in [-0.05, 0) is 42.7 Å². The zero-order chi connectivity index (χ0) is 14.6. The number of carbonyl (C=O) groups is 1. The molecule has 0 bridgehead atoms. The number of hydrogen-bond acceptors (Lipinski definition) is 2. The van der Waals surface area contributed by atoms with E-state index in [4.69, 9.17) is 0 Å². The second-order valence-corrected chi connectivity index (χ2v) is 6.59. The predicted molar refractivity (Wildman–Crippen MR) is 83.9 cm³/mol. The van der Waals surface area contributed by atoms with Crippen LogP contribution in [-0.4, -0.2) is 19.0 Å². The minimum atomic E-state index is 0.0593. The highest BCUT2D eigenvalue weighted by Crippen LogP contribution is 2.36. The summed E-state index contributed by atoms with van der Waals surface area (Å²) < 4.78 is 0. The zero-order valence-corrected chi connectivity index (χ0v) is 12.8. The van der Waals surface area contributed by atoms with Crippen LogP contribution in [-0.2, 0) is 11.2 Å². The fourth-order valence-corrected chi connectivity index (χ4v) is 2.84. The largest absolute Gasteiger partial charge is 0.382 e. The molecule has 3 heteroatoms. The highest BCUT2D eigenvalue weighted by molar-refractivity contribution is 5.80. The SMILES string of the molecule is CNC(=O)Cc1ccccc1NC1CCC(C)(C)CC1. The fourth-order valence-electron chi connectivity index (χ4n) is 2.84. The molecule has 0 atom stereocenters. The van der Waals surface area contributed by atoms with E-state index in [1.807, 2.05) is 18.2 Å². The minimum absolute atomic E-state index is 0.0593. The molecule has 20 heavy (non-hydrogen) atoms. The molecule has 0 saturated heterocycles. The number of para-hydroxylation sites is 1. The Labute approximate surface area is 122 Å². The van der Waals surface area contributed by atoms with Crippen LogP contribution in [0, 0.1) is 5.41 Å². The van der Waals surface area contributed by atoms with Gasteiger partial charge in [0, 0.05) is 18.8 Å². The molecule has 1 aromatic rings. The normalized spacial score (nSPS) is 18.6. The topological polar surface area (TPSA) is 41.1 Å². The molecule has 2 rings (SSSR count). The quantitative estimate of drug-likeness (QED) is 0.884. The molecule has 1 aromatic carbocycles. The van der Waals surface area contributed by atoms with Crippen molar-refractivity contribution in [2.45, 2.75) is 52.0 Å². The number of likely N-dealkylation sites (N-methyl/N-ethyl adjacent to an activating group) is 1. The van der Waals surface area contributed by atoms with Crippen molar-refractivity contribution in [3.05, 3.63) is 29.8 Å². The van der Waals surface area contributed by atoms with Gasteiger partial charge in [-0.2, -0.15) is 0 Å². The first-order chi connectivity index (χ1) is 9.50. The molecular formula is C17H26N2O. The Hall–Kier alpha value is -1.51. The second kappa shape index (κ2) is 6.29. The van der Waals surface area contributed by atoms with E-state index in [9.17, 15) is 4.79 Å². The van der Waals surface area contributed by atoms with Gasteiger partial charge in [0.25, 0.3) is 0 Å². The third-order valence-corrected chi connectivity index (χ3v) is 4.35. The molecule has 2 N–H and O–H groups in total. The van der Waals surface area contributed by atoms with Gasteiger partial charge in [0.05, 0.1) is 6.42 Å². The van der Waals surface area contributed by atoms with E-state index in [2.05, 4.69) is 30.5 Å². The Morgan fingerprint density at radius 3 is 2.55 bits per heavy atom. The number of nitrogens with one attached hydrogen (secondary N) is 2. The van der Waals surface area contributed by atoms with Crippen LogP contribution in [0.3, 0.4) is 0 Å². The number of hydrogen-bond donors (Lipinski definition) is 2. The summed E-state index contributed by atoms with van der Waals surface area (Å²) in [4.78, 5) is 11.6. The van der Waals surface area contributed by atoms with Crippen molar-refractivity contribution < 1.29 is 4.79 Å². The van der Waals surface area contributed by atoms with Crippen LogP contribution in [0.5, 0.6) is 0 Å². The summed E-state index contributed by atoms with van der Waals surface area (Å²) in [5.74, 6) is 0.0593. The van der Waals surface area contributed by atoms with Gasteiger partial charge in [0.2, 0.25) is 5.91 Å². The van der Waals surface area contributed by atoms with E-state index < -0.39 is 0 Å². The molecule has 0 heterocycles. The predicted octanol–water partition coefficient (Wildman–Crippen LogP) is 3.36. The Bertz CT molecular complexity index is 458. The van der Waals surface area contributed by atoms with E-state index in [1.54, 1.807) is 7.05 Å². The van der Waals surface area contributed by atoms with Crippen LogP contribution in [0.25, 0.3) is 0 Å². The lowest BCUT2D eigenvalue weighted by Crippen LogP contribution is -2.30. The molecule has 0 spiro atoms. The second-order valence-electron chi connectivity index (χ2n) is 6.59. The first kappa shape index (κ1) is 14.9. The smallest absolute Gasteiger partial charge is 0.224 e. The van der Waals surface area contributed by atoms with E-state index in [1.165, 1.54) is 25.7 Å². The van der Waals surface area contributed by atoms with Gasteiger partial charge < -0.3 is 10.6 Å². The van der Waals surface area contributed by atoms with Gasteiger partial charge in [0.1, 0.15) is 0 Å². The van der Waals surface area contributed by atoms with Crippen LogP contribution < -0.4 is 10.6 Å². The Morgan fingerprint density at radius 1 is 1.25 bits per heavy atom. The lowest BCUT2D eigenvalue weighted by molar-refractivity contribution is -0.119. The molecule has 0 aliphatic heterocycles. The molecule has 0 radical (unpaired) electrons. The maximum atomic E-state index is 11.6. The first-order valence-electron chi connectivity index (χ1n) is 7.55. The van der Waals surface area contributed by atoms with Crippen LogP contribution in [0.15, 0.2) is 24.3 Å². The van der Waals surface area contributed by atoms with Crippen molar-refractivity contribution >= 4 is 11.6 Å². The van der Waals surface area contributed by atoms with Gasteiger partial charge in [-0.15, -0.1) is 0 Å². The summed E-state index contributed by atoms with van der Waals surface area (Å²) in [5, 5.41) is 6.33. The molecule has 1 saturated carbocycles. The molecule has 1 fully saturated rings. The van der Waals surface area contributed by atoms with Crippen molar-refractivity contribution in [2.75, 3.05) is 12.4 Å². The van der Waals surface area contributed by atoms with Gasteiger partial charge in [-0.25, -0.2) is 0 Å². The van der Waals surface area contributed by atoms with Crippen LogP contribution >= 0.6 is 0 Å². The molecule has 1 aliphatic carbocycles. The maximum Gasteiger partial charge on any atom is 0.224 e. The van der Waals surface area contributed by atoms with Crippen LogP contribution in [0.1, 0.15) is 45.1 Å². The van der Waals surface area contributed by atoms with Crippen LogP contribution in [0.2, 0.25) is 0 Å². The van der Waals surface area contributed by atoms with Crippen molar-refractivity contribution in [1.29, 1.82) is 0 Å². The summed E-state index contributed by atoms with van der Waals surface area (Å²) >= 11 is 0. The molecule has 0 unspecified atom stereocenters. The number of carbonyl (C=O) groups excluding carboxylic acids is 1. The monoisotopic (exact) mass is 274 g/mol. The summed E-state index contributed by atoms with van der Waals surface area (Å²) in [6, 6.07) is 8.67. The molecule has 1 aliphatic rings. The highest BCUT2D eigenvalue weighted by atomic mass is 16.1. The highest BCUT2D eigenvalue weighted by Gasteiger charge is 2.26. The van der Waals surface area contributed by atoms with Crippen molar-refractivity contribution in [3.8, 4) is 0 Å². The average molecular weight is 274 g/mol. The molecule has 0 aromatic heterocycles. The van der Waals surface area contributed by atoms with Gasteiger partial charge in [-0.1, -0.05) is 32.0 Å². The molecule has 1 amide bonds. The van der Waals surface area contributed by atoms with Crippen molar-refractivity contribution in [3.63, 3.8) is 0 Å². The molecule has 3 nitrogen and oxygen atoms in total. The third-order valence-electron chi connectivity index (χ3n) is 4.35. The molecular weight excluding hydrogens is 248 g/mol. The summed E-state index contributed by atoms with van der Waals surface area (Å²) in [6.45, 7) is 4.70. The zero-order valence-electron chi connectivity index (χ0n) is 12.8. The first-order valence-corrected chi connectivity index (χ1v) is 7.55. The van der Waals surface area contributed by atoms with Crippen molar-refractivity contribution in [1.82, 2.24) is 5.32 Å². The van der Waals surface area contributed by atoms with E-state index in [-0.39, 0.29) is 5.91 Å². The lowest BCUT2D eigenvalue weighted by Gasteiger charge is -2.35. The maximum absolute atomic E-state index is 11.6. The molecule has 110 valence electrons. The Balaban J connectivity index is 2.01.